The summed E-state index contributed by atoms with van der Waals surface area (Å²) in [4.78, 5) is 17.3. The van der Waals surface area contributed by atoms with Gasteiger partial charge in [-0.2, -0.15) is 0 Å². The molecule has 138 valence electrons. The first kappa shape index (κ1) is 18.4. The summed E-state index contributed by atoms with van der Waals surface area (Å²) in [6, 6.07) is 10.6. The number of aliphatic hydroxyl groups is 1. The van der Waals surface area contributed by atoms with Crippen LogP contribution in [0.2, 0.25) is 0 Å². The first-order valence-electron chi connectivity index (χ1n) is 9.69. The molecule has 1 atom stereocenters. The average Bonchev–Trinajstić information content (AvgIpc) is 3.47. The predicted molar refractivity (Wildman–Crippen MR) is 100 cm³/mol. The topological polar surface area (TPSA) is 43.8 Å². The maximum absolute atomic E-state index is 12.9. The highest BCUT2D eigenvalue weighted by molar-refractivity contribution is 5.77. The summed E-state index contributed by atoms with van der Waals surface area (Å²) >= 11 is 0. The second-order valence-electron chi connectivity index (χ2n) is 8.11. The predicted octanol–water partition coefficient (Wildman–Crippen LogP) is 3.01. The van der Waals surface area contributed by atoms with E-state index in [0.29, 0.717) is 12.1 Å². The molecular weight excluding hydrogens is 312 g/mol. The summed E-state index contributed by atoms with van der Waals surface area (Å²) in [6.45, 7) is 6.55. The molecule has 1 amide bonds. The highest BCUT2D eigenvalue weighted by Crippen LogP contribution is 2.48. The van der Waals surface area contributed by atoms with Gasteiger partial charge in [0.05, 0.1) is 6.42 Å². The second kappa shape index (κ2) is 7.46. The van der Waals surface area contributed by atoms with E-state index in [4.69, 9.17) is 0 Å². The number of piperidine rings is 1. The second-order valence-corrected chi connectivity index (χ2v) is 8.11. The molecular formula is C21H32N2O2. The quantitative estimate of drug-likeness (QED) is 0.863. The Kier molecular flexibility index (Phi) is 5.49. The molecule has 0 spiro atoms. The Balaban J connectivity index is 1.64. The van der Waals surface area contributed by atoms with Crippen LogP contribution >= 0.6 is 0 Å². The molecule has 0 bridgehead atoms. The van der Waals surface area contributed by atoms with Crippen LogP contribution in [0.3, 0.4) is 0 Å². The first-order valence-corrected chi connectivity index (χ1v) is 9.69. The summed E-state index contributed by atoms with van der Waals surface area (Å²) in [5, 5.41) is 11.3. The van der Waals surface area contributed by atoms with E-state index in [-0.39, 0.29) is 18.2 Å². The van der Waals surface area contributed by atoms with Gasteiger partial charge in [0.25, 0.3) is 0 Å². The molecule has 1 heterocycles. The zero-order valence-corrected chi connectivity index (χ0v) is 15.8. The van der Waals surface area contributed by atoms with Crippen LogP contribution in [0.1, 0.15) is 51.5 Å². The highest BCUT2D eigenvalue weighted by Gasteiger charge is 2.47. The number of benzene rings is 1. The first-order chi connectivity index (χ1) is 11.9. The van der Waals surface area contributed by atoms with E-state index in [1.807, 2.05) is 42.3 Å². The molecule has 2 fully saturated rings. The van der Waals surface area contributed by atoms with Gasteiger partial charge in [0, 0.05) is 32.2 Å². The molecule has 1 aromatic carbocycles. The van der Waals surface area contributed by atoms with Crippen molar-refractivity contribution < 1.29 is 9.90 Å². The Morgan fingerprint density at radius 2 is 1.80 bits per heavy atom. The lowest BCUT2D eigenvalue weighted by atomic mass is 9.85. The van der Waals surface area contributed by atoms with Gasteiger partial charge < -0.3 is 14.9 Å². The van der Waals surface area contributed by atoms with E-state index < -0.39 is 5.60 Å². The number of hydrogen-bond donors (Lipinski definition) is 1. The third kappa shape index (κ3) is 4.06. The maximum Gasteiger partial charge on any atom is 0.225 e. The Hall–Kier alpha value is -1.39. The number of nitrogens with zero attached hydrogens (tertiary/aromatic N) is 2. The van der Waals surface area contributed by atoms with Crippen LogP contribution in [-0.4, -0.2) is 53.0 Å². The molecule has 1 aliphatic carbocycles. The minimum Gasteiger partial charge on any atom is -0.384 e. The lowest BCUT2D eigenvalue weighted by Gasteiger charge is -2.39. The third-order valence-electron chi connectivity index (χ3n) is 6.12. The summed E-state index contributed by atoms with van der Waals surface area (Å²) in [6.07, 6.45) is 4.26. The minimum atomic E-state index is -1.01. The van der Waals surface area contributed by atoms with Crippen molar-refractivity contribution in [1.82, 2.24) is 9.80 Å². The zero-order valence-electron chi connectivity index (χ0n) is 15.8. The van der Waals surface area contributed by atoms with Gasteiger partial charge in [0.1, 0.15) is 5.60 Å². The zero-order chi connectivity index (χ0) is 18.0. The molecule has 4 nitrogen and oxygen atoms in total. The Bertz CT molecular complexity index is 577. The number of amides is 1. The van der Waals surface area contributed by atoms with Crippen LogP contribution < -0.4 is 0 Å². The minimum absolute atomic E-state index is 0.0706. The van der Waals surface area contributed by atoms with Crippen LogP contribution in [0.15, 0.2) is 30.3 Å². The summed E-state index contributed by atoms with van der Waals surface area (Å²) in [5.41, 5.74) is -0.125. The van der Waals surface area contributed by atoms with Gasteiger partial charge in [-0.25, -0.2) is 0 Å². The van der Waals surface area contributed by atoms with E-state index >= 15 is 0 Å². The number of likely N-dealkylation sites (tertiary alicyclic amines) is 1. The summed E-state index contributed by atoms with van der Waals surface area (Å²) < 4.78 is 0. The largest absolute Gasteiger partial charge is 0.384 e. The van der Waals surface area contributed by atoms with E-state index in [1.165, 1.54) is 0 Å². The van der Waals surface area contributed by atoms with Crippen molar-refractivity contribution in [1.29, 1.82) is 0 Å². The number of rotatable bonds is 6. The van der Waals surface area contributed by atoms with Gasteiger partial charge >= 0.3 is 0 Å². The normalized spacial score (nSPS) is 22.0. The van der Waals surface area contributed by atoms with Crippen LogP contribution in [-0.2, 0) is 10.4 Å². The summed E-state index contributed by atoms with van der Waals surface area (Å²) in [7, 11) is 1.91. The van der Waals surface area contributed by atoms with Crippen LogP contribution in [0, 0.1) is 5.92 Å². The molecule has 1 aromatic rings. The van der Waals surface area contributed by atoms with Crippen molar-refractivity contribution >= 4 is 5.91 Å². The third-order valence-corrected chi connectivity index (χ3v) is 6.12. The molecule has 4 heteroatoms. The van der Waals surface area contributed by atoms with Gasteiger partial charge in [-0.3, -0.25) is 4.79 Å². The fourth-order valence-electron chi connectivity index (χ4n) is 4.12. The maximum atomic E-state index is 12.9. The summed E-state index contributed by atoms with van der Waals surface area (Å²) in [5.74, 6) is 0.288. The smallest absolute Gasteiger partial charge is 0.225 e. The fraction of sp³-hybridized carbons (Fsp3) is 0.667. The Morgan fingerprint density at radius 1 is 1.20 bits per heavy atom. The molecule has 3 rings (SSSR count). The monoisotopic (exact) mass is 344 g/mol. The van der Waals surface area contributed by atoms with Crippen LogP contribution in [0.4, 0.5) is 0 Å². The SMILES string of the molecule is CC(C)N1CCC(N(C)C(=O)CC(O)(c2ccccc2)C2CC2)CC1. The number of carbonyl (C=O) groups excluding carboxylic acids is 1. The van der Waals surface area contributed by atoms with E-state index in [1.54, 1.807) is 0 Å². The molecule has 1 saturated heterocycles. The van der Waals surface area contributed by atoms with Gasteiger partial charge in [0.15, 0.2) is 0 Å². The van der Waals surface area contributed by atoms with Crippen molar-refractivity contribution in [3.05, 3.63) is 35.9 Å². The van der Waals surface area contributed by atoms with Gasteiger partial charge in [-0.1, -0.05) is 30.3 Å². The Labute approximate surface area is 151 Å². The highest BCUT2D eigenvalue weighted by atomic mass is 16.3. The molecule has 1 unspecified atom stereocenters. The molecule has 0 radical (unpaired) electrons. The molecule has 25 heavy (non-hydrogen) atoms. The van der Waals surface area contributed by atoms with Gasteiger partial charge in [0.2, 0.25) is 5.91 Å². The standard InChI is InChI=1S/C21H32N2O2/c1-16(2)23-13-11-19(12-14-23)22(3)20(24)15-21(25,18-9-10-18)17-7-5-4-6-8-17/h4-8,16,18-19,25H,9-15H2,1-3H3. The fourth-order valence-corrected chi connectivity index (χ4v) is 4.12. The van der Waals surface area contributed by atoms with Crippen molar-refractivity contribution in [2.75, 3.05) is 20.1 Å². The van der Waals surface area contributed by atoms with E-state index in [9.17, 15) is 9.90 Å². The van der Waals surface area contributed by atoms with E-state index in [2.05, 4.69) is 18.7 Å². The van der Waals surface area contributed by atoms with Crippen molar-refractivity contribution in [2.45, 2.75) is 63.6 Å². The van der Waals surface area contributed by atoms with Gasteiger partial charge in [-0.05, 0) is 51.0 Å². The van der Waals surface area contributed by atoms with Crippen LogP contribution in [0.25, 0.3) is 0 Å². The molecule has 0 aromatic heterocycles. The number of carbonyl (C=O) groups is 1. The molecule has 1 N–H and O–H groups in total. The van der Waals surface area contributed by atoms with Gasteiger partial charge in [-0.15, -0.1) is 0 Å². The number of hydrogen-bond acceptors (Lipinski definition) is 3. The molecule has 2 aliphatic rings. The van der Waals surface area contributed by atoms with Crippen molar-refractivity contribution in [3.8, 4) is 0 Å². The Morgan fingerprint density at radius 3 is 2.32 bits per heavy atom. The molecule has 1 aliphatic heterocycles. The average molecular weight is 344 g/mol. The van der Waals surface area contributed by atoms with Crippen molar-refractivity contribution in [3.63, 3.8) is 0 Å². The molecule has 1 saturated carbocycles. The van der Waals surface area contributed by atoms with E-state index in [0.717, 1.165) is 44.3 Å². The lowest BCUT2D eigenvalue weighted by Crippen LogP contribution is -2.48. The van der Waals surface area contributed by atoms with Crippen molar-refractivity contribution in [2.24, 2.45) is 5.92 Å². The van der Waals surface area contributed by atoms with Crippen LogP contribution in [0.5, 0.6) is 0 Å². The lowest BCUT2D eigenvalue weighted by molar-refractivity contribution is -0.139.